The Balaban J connectivity index is 2.34. The molecule has 1 unspecified atom stereocenters. The lowest BCUT2D eigenvalue weighted by atomic mass is 9.97. The van der Waals surface area contributed by atoms with Gasteiger partial charge in [0.2, 0.25) is 0 Å². The van der Waals surface area contributed by atoms with Crippen molar-refractivity contribution in [2.24, 2.45) is 5.92 Å². The van der Waals surface area contributed by atoms with Gasteiger partial charge in [-0.25, -0.2) is 0 Å². The van der Waals surface area contributed by atoms with Crippen molar-refractivity contribution in [2.45, 2.75) is 19.8 Å². The Hall–Kier alpha value is -1.62. The van der Waals surface area contributed by atoms with E-state index in [-0.39, 0.29) is 23.1 Å². The highest BCUT2D eigenvalue weighted by molar-refractivity contribution is 5.67. The van der Waals surface area contributed by atoms with E-state index in [0.717, 1.165) is 24.9 Å². The van der Waals surface area contributed by atoms with E-state index in [4.69, 9.17) is 0 Å². The van der Waals surface area contributed by atoms with Crippen LogP contribution in [0.4, 0.5) is 11.4 Å². The number of rotatable bonds is 3. The van der Waals surface area contributed by atoms with Gasteiger partial charge >= 0.3 is 0 Å². The number of para-hydroxylation sites is 1. The molecule has 98 valence electrons. The van der Waals surface area contributed by atoms with Gasteiger partial charge < -0.3 is 10.0 Å². The van der Waals surface area contributed by atoms with Gasteiger partial charge in [-0.15, -0.1) is 0 Å². The van der Waals surface area contributed by atoms with Crippen molar-refractivity contribution >= 4 is 11.4 Å². The molecule has 1 heterocycles. The van der Waals surface area contributed by atoms with Crippen molar-refractivity contribution in [1.29, 1.82) is 0 Å². The van der Waals surface area contributed by atoms with Gasteiger partial charge in [0.1, 0.15) is 5.69 Å². The van der Waals surface area contributed by atoms with Gasteiger partial charge in [0.15, 0.2) is 0 Å². The van der Waals surface area contributed by atoms with Gasteiger partial charge in [-0.1, -0.05) is 12.1 Å². The van der Waals surface area contributed by atoms with Crippen LogP contribution < -0.4 is 4.90 Å². The van der Waals surface area contributed by atoms with Crippen LogP contribution in [-0.4, -0.2) is 29.7 Å². The van der Waals surface area contributed by atoms with E-state index in [1.54, 1.807) is 12.1 Å². The maximum Gasteiger partial charge on any atom is 0.292 e. The Morgan fingerprint density at radius 3 is 3.00 bits per heavy atom. The van der Waals surface area contributed by atoms with Crippen LogP contribution in [0.5, 0.6) is 0 Å². The molecule has 1 aliphatic heterocycles. The maximum absolute atomic E-state index is 11.1. The van der Waals surface area contributed by atoms with E-state index >= 15 is 0 Å². The number of nitro groups is 1. The molecule has 1 saturated heterocycles. The second-order valence-corrected chi connectivity index (χ2v) is 4.84. The zero-order valence-electron chi connectivity index (χ0n) is 10.5. The van der Waals surface area contributed by atoms with Crippen molar-refractivity contribution < 1.29 is 10.0 Å². The van der Waals surface area contributed by atoms with Gasteiger partial charge in [-0.2, -0.15) is 0 Å². The smallest absolute Gasteiger partial charge is 0.292 e. The fourth-order valence-corrected chi connectivity index (χ4v) is 2.62. The minimum Gasteiger partial charge on any atom is -0.396 e. The van der Waals surface area contributed by atoms with Crippen LogP contribution in [0.25, 0.3) is 0 Å². The molecule has 0 saturated carbocycles. The van der Waals surface area contributed by atoms with Crippen LogP contribution in [0.2, 0.25) is 0 Å². The third-order valence-electron chi connectivity index (χ3n) is 3.51. The molecule has 2 rings (SSSR count). The summed E-state index contributed by atoms with van der Waals surface area (Å²) in [6, 6.07) is 5.15. The predicted molar refractivity (Wildman–Crippen MR) is 69.9 cm³/mol. The van der Waals surface area contributed by atoms with Gasteiger partial charge in [0.25, 0.3) is 5.69 Å². The first-order valence-corrected chi connectivity index (χ1v) is 6.23. The topological polar surface area (TPSA) is 66.6 Å². The molecule has 0 spiro atoms. The maximum atomic E-state index is 11.1. The lowest BCUT2D eigenvalue weighted by Gasteiger charge is -2.34. The molecule has 1 aliphatic rings. The highest BCUT2D eigenvalue weighted by Gasteiger charge is 2.26. The number of hydrogen-bond donors (Lipinski definition) is 1. The van der Waals surface area contributed by atoms with Gasteiger partial charge in [0.05, 0.1) is 4.92 Å². The highest BCUT2D eigenvalue weighted by atomic mass is 16.6. The average molecular weight is 250 g/mol. The molecule has 1 aromatic carbocycles. The Labute approximate surface area is 106 Å². The molecule has 0 amide bonds. The van der Waals surface area contributed by atoms with Gasteiger partial charge in [-0.3, -0.25) is 10.1 Å². The van der Waals surface area contributed by atoms with Crippen LogP contribution in [0.15, 0.2) is 18.2 Å². The van der Waals surface area contributed by atoms with Gasteiger partial charge in [0, 0.05) is 25.8 Å². The molecule has 0 radical (unpaired) electrons. The van der Waals surface area contributed by atoms with Crippen molar-refractivity contribution in [3.63, 3.8) is 0 Å². The van der Waals surface area contributed by atoms with Crippen LogP contribution in [0, 0.1) is 23.0 Å². The molecule has 0 bridgehead atoms. The Kier molecular flexibility index (Phi) is 3.81. The van der Waals surface area contributed by atoms with Crippen molar-refractivity contribution in [2.75, 3.05) is 24.6 Å². The Bertz CT molecular complexity index is 448. The summed E-state index contributed by atoms with van der Waals surface area (Å²) in [4.78, 5) is 12.8. The summed E-state index contributed by atoms with van der Waals surface area (Å²) in [6.07, 6.45) is 1.96. The number of benzene rings is 1. The molecule has 5 heteroatoms. The van der Waals surface area contributed by atoms with Gasteiger partial charge in [-0.05, 0) is 31.2 Å². The van der Waals surface area contributed by atoms with Crippen LogP contribution in [0.3, 0.4) is 0 Å². The van der Waals surface area contributed by atoms with E-state index in [0.29, 0.717) is 12.2 Å². The Morgan fingerprint density at radius 2 is 2.33 bits per heavy atom. The lowest BCUT2D eigenvalue weighted by molar-refractivity contribution is -0.384. The van der Waals surface area contributed by atoms with Crippen LogP contribution in [0.1, 0.15) is 18.4 Å². The summed E-state index contributed by atoms with van der Waals surface area (Å²) in [7, 11) is 0. The zero-order chi connectivity index (χ0) is 13.1. The molecule has 1 aromatic rings. The quantitative estimate of drug-likeness (QED) is 0.659. The third-order valence-corrected chi connectivity index (χ3v) is 3.51. The van der Waals surface area contributed by atoms with Crippen LogP contribution >= 0.6 is 0 Å². The molecule has 1 atom stereocenters. The average Bonchev–Trinajstić information content (AvgIpc) is 2.38. The molecule has 0 aromatic heterocycles. The second-order valence-electron chi connectivity index (χ2n) is 4.84. The Morgan fingerprint density at radius 1 is 1.56 bits per heavy atom. The summed E-state index contributed by atoms with van der Waals surface area (Å²) in [5.74, 6) is 0.220. The molecular weight excluding hydrogens is 232 g/mol. The van der Waals surface area contributed by atoms with E-state index in [1.165, 1.54) is 0 Å². The molecule has 0 aliphatic carbocycles. The minimum absolute atomic E-state index is 0.149. The predicted octanol–water partition coefficient (Wildman–Crippen LogP) is 2.11. The largest absolute Gasteiger partial charge is 0.396 e. The number of aliphatic hydroxyl groups excluding tert-OH is 1. The number of aryl methyl sites for hydroxylation is 1. The fourth-order valence-electron chi connectivity index (χ4n) is 2.62. The summed E-state index contributed by atoms with van der Waals surface area (Å²) in [5, 5.41) is 20.3. The van der Waals surface area contributed by atoms with E-state index in [1.807, 2.05) is 17.9 Å². The number of aliphatic hydroxyl groups is 1. The first-order chi connectivity index (χ1) is 8.63. The monoisotopic (exact) mass is 250 g/mol. The first-order valence-electron chi connectivity index (χ1n) is 6.23. The zero-order valence-corrected chi connectivity index (χ0v) is 10.5. The van der Waals surface area contributed by atoms with Crippen molar-refractivity contribution in [3.8, 4) is 0 Å². The number of hydrogen-bond acceptors (Lipinski definition) is 4. The normalized spacial score (nSPS) is 19.9. The summed E-state index contributed by atoms with van der Waals surface area (Å²) < 4.78 is 0. The molecular formula is C13H18N2O3. The first kappa shape index (κ1) is 12.8. The number of nitrogens with zero attached hydrogens (tertiary/aromatic N) is 2. The van der Waals surface area contributed by atoms with E-state index in [2.05, 4.69) is 0 Å². The van der Waals surface area contributed by atoms with E-state index in [9.17, 15) is 15.2 Å². The molecule has 18 heavy (non-hydrogen) atoms. The lowest BCUT2D eigenvalue weighted by Crippen LogP contribution is -2.37. The fraction of sp³-hybridized carbons (Fsp3) is 0.538. The van der Waals surface area contributed by atoms with Crippen molar-refractivity contribution in [3.05, 3.63) is 33.9 Å². The molecule has 5 nitrogen and oxygen atoms in total. The number of anilines is 1. The summed E-state index contributed by atoms with van der Waals surface area (Å²) in [6.45, 7) is 3.56. The number of nitro benzene ring substituents is 1. The SMILES string of the molecule is Cc1cccc([N+](=O)[O-])c1N1CCCC(CO)C1. The minimum atomic E-state index is -0.328. The van der Waals surface area contributed by atoms with Crippen LogP contribution in [-0.2, 0) is 0 Å². The highest BCUT2D eigenvalue weighted by Crippen LogP contribution is 2.34. The van der Waals surface area contributed by atoms with E-state index < -0.39 is 0 Å². The summed E-state index contributed by atoms with van der Waals surface area (Å²) >= 11 is 0. The third kappa shape index (κ3) is 2.46. The standard InChI is InChI=1S/C13H18N2O3/c1-10-4-2-6-12(15(17)18)13(10)14-7-3-5-11(8-14)9-16/h2,4,6,11,16H,3,5,7-9H2,1H3. The number of piperidine rings is 1. The molecule has 1 N–H and O–H groups in total. The second kappa shape index (κ2) is 5.35. The van der Waals surface area contributed by atoms with Crippen molar-refractivity contribution in [1.82, 2.24) is 0 Å². The summed E-state index contributed by atoms with van der Waals surface area (Å²) in [5.41, 5.74) is 1.79. The molecule has 1 fully saturated rings.